The van der Waals surface area contributed by atoms with Gasteiger partial charge in [0.05, 0.1) is 28.5 Å². The molecule has 216 valence electrons. The summed E-state index contributed by atoms with van der Waals surface area (Å²) in [6.07, 6.45) is 6.72. The lowest BCUT2D eigenvalue weighted by molar-refractivity contribution is 0.0552. The van der Waals surface area contributed by atoms with E-state index in [-0.39, 0.29) is 6.04 Å². The standard InChI is InChI=1S/C33H38N8O/c1-22-31(38(2)37-36-22)25-20-28-30(34-21-25)27-10-11-29(40-16-14-39(15-17-40)26-8-9-26)35-33(27)41(28)32(23-6-4-3-5-7-23)24-12-18-42-19-13-24/h3-7,10-11,20-21,24,26,32H,8-9,12-19H2,1-2H3/t32-/m1/s1. The fraction of sp³-hybridized carbons (Fsp3) is 0.455. The van der Waals surface area contributed by atoms with Crippen molar-refractivity contribution in [2.45, 2.75) is 44.7 Å². The maximum atomic E-state index is 5.84. The average Bonchev–Trinajstić information content (AvgIpc) is 3.78. The molecule has 1 aromatic carbocycles. The Morgan fingerprint density at radius 2 is 1.71 bits per heavy atom. The number of anilines is 1. The van der Waals surface area contributed by atoms with Gasteiger partial charge in [-0.2, -0.15) is 0 Å². The van der Waals surface area contributed by atoms with E-state index in [9.17, 15) is 0 Å². The van der Waals surface area contributed by atoms with Crippen LogP contribution in [0.3, 0.4) is 0 Å². The molecule has 3 aliphatic rings. The summed E-state index contributed by atoms with van der Waals surface area (Å²) in [6.45, 7) is 7.86. The van der Waals surface area contributed by atoms with Crippen LogP contribution in [0.1, 0.15) is 43.0 Å². The summed E-state index contributed by atoms with van der Waals surface area (Å²) < 4.78 is 10.2. The molecule has 0 amide bonds. The fourth-order valence-corrected chi connectivity index (χ4v) is 7.28. The summed E-state index contributed by atoms with van der Waals surface area (Å²) in [5, 5.41) is 9.70. The van der Waals surface area contributed by atoms with E-state index in [1.165, 1.54) is 18.4 Å². The maximum absolute atomic E-state index is 5.84. The highest BCUT2D eigenvalue weighted by Gasteiger charge is 2.33. The third-order valence-electron chi connectivity index (χ3n) is 9.57. The predicted molar refractivity (Wildman–Crippen MR) is 165 cm³/mol. The summed E-state index contributed by atoms with van der Waals surface area (Å²) in [6, 6.07) is 18.6. The highest BCUT2D eigenvalue weighted by Crippen LogP contribution is 2.41. The normalized spacial score (nSPS) is 19.6. The van der Waals surface area contributed by atoms with Crippen molar-refractivity contribution >= 4 is 27.9 Å². The number of ether oxygens (including phenoxy) is 1. The van der Waals surface area contributed by atoms with Crippen LogP contribution in [0.15, 0.2) is 54.7 Å². The molecule has 9 heteroatoms. The second-order valence-corrected chi connectivity index (χ2v) is 12.2. The Balaban J connectivity index is 1.33. The molecule has 1 aliphatic carbocycles. The van der Waals surface area contributed by atoms with E-state index in [4.69, 9.17) is 14.7 Å². The van der Waals surface area contributed by atoms with E-state index in [2.05, 4.69) is 73.2 Å². The summed E-state index contributed by atoms with van der Waals surface area (Å²) in [5.41, 5.74) is 7.32. The highest BCUT2D eigenvalue weighted by molar-refractivity contribution is 6.05. The molecular weight excluding hydrogens is 524 g/mol. The molecule has 0 radical (unpaired) electrons. The van der Waals surface area contributed by atoms with Gasteiger partial charge in [-0.05, 0) is 62.3 Å². The zero-order chi connectivity index (χ0) is 28.2. The van der Waals surface area contributed by atoms with Crippen molar-refractivity contribution in [1.82, 2.24) is 34.4 Å². The van der Waals surface area contributed by atoms with E-state index in [1.54, 1.807) is 0 Å². The smallest absolute Gasteiger partial charge is 0.145 e. The number of aromatic nitrogens is 6. The van der Waals surface area contributed by atoms with Crippen LogP contribution in [0.25, 0.3) is 33.3 Å². The largest absolute Gasteiger partial charge is 0.381 e. The first kappa shape index (κ1) is 25.9. The first-order chi connectivity index (χ1) is 20.7. The minimum absolute atomic E-state index is 0.118. The summed E-state index contributed by atoms with van der Waals surface area (Å²) in [4.78, 5) is 15.7. The summed E-state index contributed by atoms with van der Waals surface area (Å²) in [5.74, 6) is 1.49. The Morgan fingerprint density at radius 3 is 2.43 bits per heavy atom. The molecule has 0 spiro atoms. The van der Waals surface area contributed by atoms with Crippen LogP contribution in [0, 0.1) is 12.8 Å². The van der Waals surface area contributed by atoms with Gasteiger partial charge in [-0.25, -0.2) is 9.67 Å². The van der Waals surface area contributed by atoms with Crippen molar-refractivity contribution in [3.05, 3.63) is 66.0 Å². The van der Waals surface area contributed by atoms with Crippen LogP contribution >= 0.6 is 0 Å². The second-order valence-electron chi connectivity index (χ2n) is 12.2. The lowest BCUT2D eigenvalue weighted by atomic mass is 9.86. The van der Waals surface area contributed by atoms with E-state index < -0.39 is 0 Å². The molecule has 5 aromatic rings. The minimum Gasteiger partial charge on any atom is -0.381 e. The topological polar surface area (TPSA) is 77.1 Å². The summed E-state index contributed by atoms with van der Waals surface area (Å²) in [7, 11) is 1.95. The SMILES string of the molecule is Cc1nnn(C)c1-c1cnc2c3ccc(N4CCN(C5CC5)CC4)nc3n([C@H](c3ccccc3)C3CCOCC3)c2c1. The van der Waals surface area contributed by atoms with Gasteiger partial charge >= 0.3 is 0 Å². The summed E-state index contributed by atoms with van der Waals surface area (Å²) >= 11 is 0. The van der Waals surface area contributed by atoms with E-state index in [0.29, 0.717) is 5.92 Å². The molecule has 2 aliphatic heterocycles. The number of nitrogens with zero attached hydrogens (tertiary/aromatic N) is 8. The molecule has 1 atom stereocenters. The Morgan fingerprint density at radius 1 is 0.929 bits per heavy atom. The second kappa shape index (κ2) is 10.5. The number of piperazine rings is 1. The van der Waals surface area contributed by atoms with Crippen molar-refractivity contribution < 1.29 is 4.74 Å². The van der Waals surface area contributed by atoms with Crippen LogP contribution in [0.4, 0.5) is 5.82 Å². The number of pyridine rings is 2. The van der Waals surface area contributed by atoms with Crippen molar-refractivity contribution in [3.63, 3.8) is 0 Å². The van der Waals surface area contributed by atoms with E-state index in [1.807, 2.05) is 24.9 Å². The van der Waals surface area contributed by atoms with Gasteiger partial charge in [-0.1, -0.05) is 35.5 Å². The zero-order valence-corrected chi connectivity index (χ0v) is 24.5. The average molecular weight is 563 g/mol. The highest BCUT2D eigenvalue weighted by atomic mass is 16.5. The van der Waals surface area contributed by atoms with Crippen molar-refractivity contribution in [2.24, 2.45) is 13.0 Å². The molecule has 42 heavy (non-hydrogen) atoms. The van der Waals surface area contributed by atoms with Crippen LogP contribution in [-0.2, 0) is 11.8 Å². The lowest BCUT2D eigenvalue weighted by Crippen LogP contribution is -2.47. The Kier molecular flexibility index (Phi) is 6.45. The van der Waals surface area contributed by atoms with Gasteiger partial charge in [-0.3, -0.25) is 9.88 Å². The van der Waals surface area contributed by atoms with E-state index in [0.717, 1.165) is 103 Å². The molecule has 0 N–H and O–H groups in total. The molecule has 6 heterocycles. The van der Waals surface area contributed by atoms with Crippen LogP contribution in [-0.4, -0.2) is 79.9 Å². The molecule has 0 bridgehead atoms. The third-order valence-corrected chi connectivity index (χ3v) is 9.57. The number of fused-ring (bicyclic) bond motifs is 3. The third kappa shape index (κ3) is 4.46. The molecule has 1 saturated carbocycles. The molecule has 3 fully saturated rings. The predicted octanol–water partition coefficient (Wildman–Crippen LogP) is 4.99. The first-order valence-corrected chi connectivity index (χ1v) is 15.4. The van der Waals surface area contributed by atoms with Gasteiger partial charge in [-0.15, -0.1) is 5.10 Å². The maximum Gasteiger partial charge on any atom is 0.145 e. The number of rotatable bonds is 6. The zero-order valence-electron chi connectivity index (χ0n) is 24.5. The molecule has 2 saturated heterocycles. The minimum atomic E-state index is 0.118. The van der Waals surface area contributed by atoms with Gasteiger partial charge < -0.3 is 14.2 Å². The van der Waals surface area contributed by atoms with Crippen LogP contribution < -0.4 is 4.90 Å². The molecule has 0 unspecified atom stereocenters. The molecule has 9 nitrogen and oxygen atoms in total. The van der Waals surface area contributed by atoms with Gasteiger partial charge in [0.1, 0.15) is 11.5 Å². The van der Waals surface area contributed by atoms with Crippen molar-refractivity contribution in [3.8, 4) is 11.3 Å². The van der Waals surface area contributed by atoms with Crippen LogP contribution in [0.5, 0.6) is 0 Å². The fourth-order valence-electron chi connectivity index (χ4n) is 7.28. The van der Waals surface area contributed by atoms with Crippen molar-refractivity contribution in [1.29, 1.82) is 0 Å². The van der Waals surface area contributed by atoms with Gasteiger partial charge in [0.25, 0.3) is 0 Å². The molecular formula is C33H38N8O. The monoisotopic (exact) mass is 562 g/mol. The number of aryl methyl sites for hydroxylation is 2. The quantitative estimate of drug-likeness (QED) is 0.289. The Hall–Kier alpha value is -3.82. The first-order valence-electron chi connectivity index (χ1n) is 15.4. The number of hydrogen-bond acceptors (Lipinski definition) is 7. The van der Waals surface area contributed by atoms with E-state index >= 15 is 0 Å². The van der Waals surface area contributed by atoms with Crippen LogP contribution in [0.2, 0.25) is 0 Å². The molecule has 8 rings (SSSR count). The Bertz CT molecular complexity index is 1710. The van der Waals surface area contributed by atoms with Gasteiger partial charge in [0.15, 0.2) is 0 Å². The number of benzene rings is 1. The number of hydrogen-bond donors (Lipinski definition) is 0. The van der Waals surface area contributed by atoms with Crippen molar-refractivity contribution in [2.75, 3.05) is 44.3 Å². The lowest BCUT2D eigenvalue weighted by Gasteiger charge is -2.36. The van der Waals surface area contributed by atoms with Gasteiger partial charge in [0, 0.05) is 69.6 Å². The van der Waals surface area contributed by atoms with Gasteiger partial charge in [0.2, 0.25) is 0 Å². The Labute approximate surface area is 246 Å². The molecule has 4 aromatic heterocycles.